The van der Waals surface area contributed by atoms with Gasteiger partial charge in [0.15, 0.2) is 5.78 Å². The van der Waals surface area contributed by atoms with Gasteiger partial charge in [0.25, 0.3) is 0 Å². The second-order valence-electron chi connectivity index (χ2n) is 4.33. The summed E-state index contributed by atoms with van der Waals surface area (Å²) in [5, 5.41) is 0.715. The van der Waals surface area contributed by atoms with Crippen molar-refractivity contribution in [2.24, 2.45) is 5.92 Å². The lowest BCUT2D eigenvalue weighted by atomic mass is 10.1. The lowest BCUT2D eigenvalue weighted by Gasteiger charge is -2.13. The van der Waals surface area contributed by atoms with Crippen molar-refractivity contribution in [3.63, 3.8) is 0 Å². The third-order valence-electron chi connectivity index (χ3n) is 2.76. The Labute approximate surface area is 107 Å². The molecule has 0 aromatic heterocycles. The van der Waals surface area contributed by atoms with E-state index in [1.807, 2.05) is 26.2 Å². The molecule has 1 aromatic carbocycles. The number of hydrogen-bond acceptors (Lipinski definition) is 2. The number of ketones is 1. The zero-order chi connectivity index (χ0) is 11.0. The van der Waals surface area contributed by atoms with Crippen LogP contribution in [0.25, 0.3) is 0 Å². The Morgan fingerprint density at radius 1 is 1.44 bits per heavy atom. The third kappa shape index (κ3) is 2.57. The lowest BCUT2D eigenvalue weighted by molar-refractivity contribution is 0.0916. The summed E-state index contributed by atoms with van der Waals surface area (Å²) >= 11 is 5.90. The number of Topliss-reactive ketones (excluding diaryl/α,β-unsaturated/α-hetero) is 1. The van der Waals surface area contributed by atoms with Crippen LogP contribution < -0.4 is 0 Å². The van der Waals surface area contributed by atoms with Gasteiger partial charge in [0.1, 0.15) is 0 Å². The summed E-state index contributed by atoms with van der Waals surface area (Å²) in [7, 11) is 3.98. The molecule has 16 heavy (non-hydrogen) atoms. The molecule has 88 valence electrons. The molecule has 1 aromatic rings. The van der Waals surface area contributed by atoms with Crippen molar-refractivity contribution in [1.29, 1.82) is 0 Å². The van der Waals surface area contributed by atoms with Crippen molar-refractivity contribution in [1.82, 2.24) is 4.90 Å². The standard InChI is InChI=1S/C12H14ClNO.ClH/c1-14(2)7-9-5-8-6-10(13)3-4-11(8)12(9)15;/h3-4,6,9H,5,7H2,1-2H3;1H. The maximum atomic E-state index is 12.0. The van der Waals surface area contributed by atoms with Gasteiger partial charge in [0, 0.05) is 23.0 Å². The minimum absolute atomic E-state index is 0. The summed E-state index contributed by atoms with van der Waals surface area (Å²) in [5.74, 6) is 0.365. The maximum absolute atomic E-state index is 12.0. The van der Waals surface area contributed by atoms with Crippen molar-refractivity contribution in [2.75, 3.05) is 20.6 Å². The Hall–Kier alpha value is -0.570. The fraction of sp³-hybridized carbons (Fsp3) is 0.417. The molecule has 1 aliphatic carbocycles. The molecular formula is C12H15Cl2NO. The number of rotatable bonds is 2. The van der Waals surface area contributed by atoms with Crippen LogP contribution in [0.1, 0.15) is 15.9 Å². The SMILES string of the molecule is CN(C)CC1Cc2cc(Cl)ccc2C1=O.Cl. The second kappa shape index (κ2) is 5.17. The summed E-state index contributed by atoms with van der Waals surface area (Å²) < 4.78 is 0. The van der Waals surface area contributed by atoms with Gasteiger partial charge in [0.05, 0.1) is 0 Å². The highest BCUT2D eigenvalue weighted by Crippen LogP contribution is 2.29. The lowest BCUT2D eigenvalue weighted by Crippen LogP contribution is -2.25. The van der Waals surface area contributed by atoms with E-state index >= 15 is 0 Å². The maximum Gasteiger partial charge on any atom is 0.167 e. The number of benzene rings is 1. The molecule has 1 unspecified atom stereocenters. The summed E-state index contributed by atoms with van der Waals surface area (Å²) in [6, 6.07) is 5.54. The quantitative estimate of drug-likeness (QED) is 0.814. The second-order valence-corrected chi connectivity index (χ2v) is 4.77. The van der Waals surface area contributed by atoms with Crippen molar-refractivity contribution >= 4 is 29.8 Å². The number of carbonyl (C=O) groups is 1. The smallest absolute Gasteiger partial charge is 0.167 e. The largest absolute Gasteiger partial charge is 0.309 e. The van der Waals surface area contributed by atoms with Crippen LogP contribution in [-0.4, -0.2) is 31.3 Å². The van der Waals surface area contributed by atoms with Gasteiger partial charge < -0.3 is 4.90 Å². The molecule has 1 aliphatic rings. The molecule has 0 bridgehead atoms. The molecule has 4 heteroatoms. The fourth-order valence-corrected chi connectivity index (χ4v) is 2.33. The normalized spacial score (nSPS) is 18.5. The first-order valence-corrected chi connectivity index (χ1v) is 5.43. The number of halogens is 2. The van der Waals surface area contributed by atoms with E-state index in [2.05, 4.69) is 4.90 Å². The molecule has 2 rings (SSSR count). The number of hydrogen-bond donors (Lipinski definition) is 0. The minimum Gasteiger partial charge on any atom is -0.309 e. The molecule has 2 nitrogen and oxygen atoms in total. The molecule has 0 radical (unpaired) electrons. The highest BCUT2D eigenvalue weighted by molar-refractivity contribution is 6.30. The predicted molar refractivity (Wildman–Crippen MR) is 68.8 cm³/mol. The van der Waals surface area contributed by atoms with Gasteiger partial charge in [-0.2, -0.15) is 0 Å². The highest BCUT2D eigenvalue weighted by Gasteiger charge is 2.30. The Morgan fingerprint density at radius 2 is 2.12 bits per heavy atom. The van der Waals surface area contributed by atoms with Crippen molar-refractivity contribution < 1.29 is 4.79 Å². The van der Waals surface area contributed by atoms with E-state index in [0.717, 1.165) is 24.1 Å². The van der Waals surface area contributed by atoms with Crippen LogP contribution in [0, 0.1) is 5.92 Å². The number of fused-ring (bicyclic) bond motifs is 1. The molecule has 1 atom stereocenters. The first kappa shape index (κ1) is 13.5. The Bertz CT molecular complexity index is 404. The van der Waals surface area contributed by atoms with Gasteiger partial charge in [-0.25, -0.2) is 0 Å². The van der Waals surface area contributed by atoms with Crippen LogP contribution in [-0.2, 0) is 6.42 Å². The van der Waals surface area contributed by atoms with E-state index in [9.17, 15) is 4.79 Å². The van der Waals surface area contributed by atoms with E-state index in [1.54, 1.807) is 6.07 Å². The van der Waals surface area contributed by atoms with Crippen LogP contribution in [0.15, 0.2) is 18.2 Å². The van der Waals surface area contributed by atoms with Gasteiger partial charge in [0.2, 0.25) is 0 Å². The van der Waals surface area contributed by atoms with E-state index in [0.29, 0.717) is 5.02 Å². The summed E-state index contributed by atoms with van der Waals surface area (Å²) in [4.78, 5) is 14.0. The summed E-state index contributed by atoms with van der Waals surface area (Å²) in [6.07, 6.45) is 0.826. The van der Waals surface area contributed by atoms with E-state index in [1.165, 1.54) is 0 Å². The molecule has 0 N–H and O–H groups in total. The molecule has 0 fully saturated rings. The molecule has 0 saturated carbocycles. The Balaban J connectivity index is 0.00000128. The van der Waals surface area contributed by atoms with Crippen LogP contribution >= 0.6 is 24.0 Å². The van der Waals surface area contributed by atoms with E-state index < -0.39 is 0 Å². The average molecular weight is 260 g/mol. The van der Waals surface area contributed by atoms with Gasteiger partial charge >= 0.3 is 0 Å². The van der Waals surface area contributed by atoms with Crippen LogP contribution in [0.2, 0.25) is 5.02 Å². The molecule has 0 amide bonds. The Kier molecular flexibility index (Phi) is 4.36. The Morgan fingerprint density at radius 3 is 2.75 bits per heavy atom. The van der Waals surface area contributed by atoms with Crippen molar-refractivity contribution in [3.8, 4) is 0 Å². The van der Waals surface area contributed by atoms with E-state index in [-0.39, 0.29) is 24.1 Å². The zero-order valence-corrected chi connectivity index (χ0v) is 10.9. The van der Waals surface area contributed by atoms with E-state index in [4.69, 9.17) is 11.6 Å². The van der Waals surface area contributed by atoms with Gasteiger partial charge in [-0.3, -0.25) is 4.79 Å². The molecular weight excluding hydrogens is 245 g/mol. The first-order valence-electron chi connectivity index (χ1n) is 5.05. The third-order valence-corrected chi connectivity index (χ3v) is 2.99. The van der Waals surface area contributed by atoms with Gasteiger partial charge in [-0.05, 0) is 44.3 Å². The van der Waals surface area contributed by atoms with Crippen molar-refractivity contribution in [2.45, 2.75) is 6.42 Å². The number of nitrogens with zero attached hydrogens (tertiary/aromatic N) is 1. The van der Waals surface area contributed by atoms with Crippen LogP contribution in [0.4, 0.5) is 0 Å². The molecule has 0 spiro atoms. The average Bonchev–Trinajstić information content (AvgIpc) is 2.42. The van der Waals surface area contributed by atoms with Crippen molar-refractivity contribution in [3.05, 3.63) is 34.3 Å². The summed E-state index contributed by atoms with van der Waals surface area (Å²) in [6.45, 7) is 0.811. The van der Waals surface area contributed by atoms with Gasteiger partial charge in [-0.15, -0.1) is 12.4 Å². The zero-order valence-electron chi connectivity index (χ0n) is 9.37. The molecule has 0 saturated heterocycles. The van der Waals surface area contributed by atoms with Gasteiger partial charge in [-0.1, -0.05) is 11.6 Å². The minimum atomic E-state index is 0. The first-order chi connectivity index (χ1) is 7.08. The topological polar surface area (TPSA) is 20.3 Å². The predicted octanol–water partition coefficient (Wildman–Crippen LogP) is 2.68. The fourth-order valence-electron chi connectivity index (χ4n) is 2.14. The van der Waals surface area contributed by atoms with Crippen LogP contribution in [0.5, 0.6) is 0 Å². The highest BCUT2D eigenvalue weighted by atomic mass is 35.5. The number of carbonyl (C=O) groups excluding carboxylic acids is 1. The summed E-state index contributed by atoms with van der Waals surface area (Å²) in [5.41, 5.74) is 1.95. The monoisotopic (exact) mass is 259 g/mol. The molecule has 0 heterocycles. The van der Waals surface area contributed by atoms with Crippen LogP contribution in [0.3, 0.4) is 0 Å². The molecule has 0 aliphatic heterocycles.